The molecule has 5 rings (SSSR count). The minimum absolute atomic E-state index is 0.100. The summed E-state index contributed by atoms with van der Waals surface area (Å²) in [6, 6.07) is 20.8. The lowest BCUT2D eigenvalue weighted by atomic mass is 10.2. The highest BCUT2D eigenvalue weighted by atomic mass is 32.2. The lowest BCUT2D eigenvalue weighted by Crippen LogP contribution is -2.13. The fourth-order valence-electron chi connectivity index (χ4n) is 3.58. The van der Waals surface area contributed by atoms with Gasteiger partial charge in [0.05, 0.1) is 18.1 Å². The van der Waals surface area contributed by atoms with E-state index in [2.05, 4.69) is 20.2 Å². The van der Waals surface area contributed by atoms with Gasteiger partial charge < -0.3 is 19.2 Å². The third-order valence-electron chi connectivity index (χ3n) is 5.38. The molecule has 0 spiro atoms. The van der Waals surface area contributed by atoms with Crippen molar-refractivity contribution in [3.63, 3.8) is 0 Å². The molecule has 3 aromatic carbocycles. The first kappa shape index (κ1) is 22.7. The maximum atomic E-state index is 12.9. The van der Waals surface area contributed by atoms with E-state index in [1.165, 1.54) is 12.1 Å². The molecule has 0 saturated carbocycles. The van der Waals surface area contributed by atoms with Gasteiger partial charge in [-0.05, 0) is 55.5 Å². The zero-order chi connectivity index (χ0) is 24.3. The molecular weight excluding hydrogens is 468 g/mol. The lowest BCUT2D eigenvalue weighted by molar-refractivity contribution is 0.297. The Labute approximate surface area is 203 Å². The Hall–Kier alpha value is -4.05. The van der Waals surface area contributed by atoms with Crippen LogP contribution in [0, 0.1) is 0 Å². The molecule has 0 amide bonds. The third-order valence-corrected chi connectivity index (χ3v) is 6.76. The highest BCUT2D eigenvalue weighted by molar-refractivity contribution is 7.92. The molecule has 0 saturated heterocycles. The zero-order valence-electron chi connectivity index (χ0n) is 19.0. The standard InChI is InChI=1S/C25H24N4O5S/c1-17(24-27-28-25(34-24)18-6-3-2-4-7-18)26-19-8-10-20(11-9-19)29-35(30,31)21-12-13-22-23(16-21)33-15-5-14-32-22/h2-4,6-13,16-17,26,29H,5,14-15H2,1H3. The SMILES string of the molecule is CC(Nc1ccc(NS(=O)(=O)c2ccc3c(c2)OCCCO3)cc1)c1nnc(-c2ccccc2)o1. The number of rotatable bonds is 7. The third kappa shape index (κ3) is 5.22. The Balaban J connectivity index is 1.24. The Morgan fingerprint density at radius 2 is 1.57 bits per heavy atom. The molecular formula is C25H24N4O5S. The predicted molar refractivity (Wildman–Crippen MR) is 131 cm³/mol. The molecule has 4 aromatic rings. The number of hydrogen-bond acceptors (Lipinski definition) is 8. The summed E-state index contributed by atoms with van der Waals surface area (Å²) in [6.07, 6.45) is 0.745. The molecule has 180 valence electrons. The molecule has 1 aromatic heterocycles. The van der Waals surface area contributed by atoms with E-state index >= 15 is 0 Å². The molecule has 2 N–H and O–H groups in total. The number of hydrogen-bond donors (Lipinski definition) is 2. The average Bonchev–Trinajstić information content (AvgIpc) is 3.25. The fourth-order valence-corrected chi connectivity index (χ4v) is 4.65. The van der Waals surface area contributed by atoms with Crippen LogP contribution >= 0.6 is 0 Å². The van der Waals surface area contributed by atoms with Crippen molar-refractivity contribution in [2.75, 3.05) is 23.3 Å². The monoisotopic (exact) mass is 492 g/mol. The summed E-state index contributed by atoms with van der Waals surface area (Å²) in [5.41, 5.74) is 2.05. The van der Waals surface area contributed by atoms with Crippen LogP contribution in [0.1, 0.15) is 25.3 Å². The van der Waals surface area contributed by atoms with Crippen LogP contribution in [0.2, 0.25) is 0 Å². The van der Waals surface area contributed by atoms with Crippen molar-refractivity contribution in [1.82, 2.24) is 10.2 Å². The largest absolute Gasteiger partial charge is 0.490 e. The van der Waals surface area contributed by atoms with Gasteiger partial charge in [-0.25, -0.2) is 8.42 Å². The van der Waals surface area contributed by atoms with E-state index in [1.54, 1.807) is 30.3 Å². The summed E-state index contributed by atoms with van der Waals surface area (Å²) in [6.45, 7) is 2.92. The number of nitrogens with zero attached hydrogens (tertiary/aromatic N) is 2. The van der Waals surface area contributed by atoms with Crippen molar-refractivity contribution in [3.8, 4) is 23.0 Å². The second-order valence-electron chi connectivity index (χ2n) is 8.02. The van der Waals surface area contributed by atoms with Gasteiger partial charge in [0, 0.05) is 29.4 Å². The summed E-state index contributed by atoms with van der Waals surface area (Å²) in [5.74, 6) is 1.87. The van der Waals surface area contributed by atoms with Gasteiger partial charge >= 0.3 is 0 Å². The van der Waals surface area contributed by atoms with E-state index in [-0.39, 0.29) is 10.9 Å². The fraction of sp³-hybridized carbons (Fsp3) is 0.200. The number of ether oxygens (including phenoxy) is 2. The molecule has 1 aliphatic rings. The molecule has 1 unspecified atom stereocenters. The molecule has 1 aliphatic heterocycles. The van der Waals surface area contributed by atoms with Crippen LogP contribution in [0.3, 0.4) is 0 Å². The molecule has 0 aliphatic carbocycles. The van der Waals surface area contributed by atoms with Crippen LogP contribution in [0.25, 0.3) is 11.5 Å². The van der Waals surface area contributed by atoms with Gasteiger partial charge in [-0.3, -0.25) is 4.72 Å². The predicted octanol–water partition coefficient (Wildman–Crippen LogP) is 4.87. The lowest BCUT2D eigenvalue weighted by Gasteiger charge is -2.13. The molecule has 0 fully saturated rings. The van der Waals surface area contributed by atoms with Crippen LogP contribution in [0.15, 0.2) is 82.1 Å². The van der Waals surface area contributed by atoms with E-state index in [0.717, 1.165) is 17.7 Å². The number of fused-ring (bicyclic) bond motifs is 1. The van der Waals surface area contributed by atoms with Gasteiger partial charge in [0.15, 0.2) is 11.5 Å². The van der Waals surface area contributed by atoms with Crippen LogP contribution in [0.5, 0.6) is 11.5 Å². The highest BCUT2D eigenvalue weighted by Gasteiger charge is 2.19. The highest BCUT2D eigenvalue weighted by Crippen LogP contribution is 2.32. The van der Waals surface area contributed by atoms with Crippen LogP contribution in [0.4, 0.5) is 11.4 Å². The quantitative estimate of drug-likeness (QED) is 0.375. The number of aromatic nitrogens is 2. The van der Waals surface area contributed by atoms with Gasteiger partial charge in [0.2, 0.25) is 11.8 Å². The maximum absolute atomic E-state index is 12.9. The van der Waals surface area contributed by atoms with E-state index in [0.29, 0.717) is 42.2 Å². The molecule has 10 heteroatoms. The normalized spacial score (nSPS) is 14.1. The average molecular weight is 493 g/mol. The van der Waals surface area contributed by atoms with Crippen molar-refractivity contribution in [2.45, 2.75) is 24.3 Å². The summed E-state index contributed by atoms with van der Waals surface area (Å²) in [5, 5.41) is 11.5. The first-order valence-corrected chi connectivity index (χ1v) is 12.6. The maximum Gasteiger partial charge on any atom is 0.262 e. The molecule has 0 bridgehead atoms. The first-order valence-electron chi connectivity index (χ1n) is 11.2. The van der Waals surface area contributed by atoms with Gasteiger partial charge in [0.25, 0.3) is 10.0 Å². The summed E-state index contributed by atoms with van der Waals surface area (Å²) in [7, 11) is -3.80. The van der Waals surface area contributed by atoms with Crippen molar-refractivity contribution in [3.05, 3.63) is 78.7 Å². The topological polar surface area (TPSA) is 116 Å². The molecule has 1 atom stereocenters. The molecule has 9 nitrogen and oxygen atoms in total. The molecule has 2 heterocycles. The van der Waals surface area contributed by atoms with Crippen LogP contribution in [-0.4, -0.2) is 31.8 Å². The zero-order valence-corrected chi connectivity index (χ0v) is 19.8. The molecule has 35 heavy (non-hydrogen) atoms. The number of nitrogens with one attached hydrogen (secondary N) is 2. The smallest absolute Gasteiger partial charge is 0.262 e. The van der Waals surface area contributed by atoms with E-state index < -0.39 is 10.0 Å². The second-order valence-corrected chi connectivity index (χ2v) is 9.70. The van der Waals surface area contributed by atoms with E-state index in [1.807, 2.05) is 37.3 Å². The van der Waals surface area contributed by atoms with Gasteiger partial charge in [-0.15, -0.1) is 10.2 Å². The van der Waals surface area contributed by atoms with Gasteiger partial charge in [-0.2, -0.15) is 0 Å². The van der Waals surface area contributed by atoms with Gasteiger partial charge in [-0.1, -0.05) is 18.2 Å². The number of sulfonamides is 1. The van der Waals surface area contributed by atoms with Crippen LogP contribution in [-0.2, 0) is 10.0 Å². The second kappa shape index (κ2) is 9.67. The van der Waals surface area contributed by atoms with Crippen molar-refractivity contribution >= 4 is 21.4 Å². The number of benzene rings is 3. The van der Waals surface area contributed by atoms with Crippen molar-refractivity contribution < 1.29 is 22.3 Å². The van der Waals surface area contributed by atoms with Crippen molar-refractivity contribution in [1.29, 1.82) is 0 Å². The minimum atomic E-state index is -3.80. The van der Waals surface area contributed by atoms with Gasteiger partial charge in [0.1, 0.15) is 6.04 Å². The Kier molecular flexibility index (Phi) is 6.28. The Morgan fingerprint density at radius 3 is 2.34 bits per heavy atom. The van der Waals surface area contributed by atoms with E-state index in [9.17, 15) is 8.42 Å². The van der Waals surface area contributed by atoms with Crippen LogP contribution < -0.4 is 19.5 Å². The Bertz CT molecular complexity index is 1410. The van der Waals surface area contributed by atoms with E-state index in [4.69, 9.17) is 13.9 Å². The summed E-state index contributed by atoms with van der Waals surface area (Å²) < 4.78 is 45.4. The summed E-state index contributed by atoms with van der Waals surface area (Å²) >= 11 is 0. The summed E-state index contributed by atoms with van der Waals surface area (Å²) in [4.78, 5) is 0.100. The molecule has 0 radical (unpaired) electrons. The minimum Gasteiger partial charge on any atom is -0.490 e. The first-order chi connectivity index (χ1) is 17.0. The number of anilines is 2. The Morgan fingerprint density at radius 1 is 0.857 bits per heavy atom. The van der Waals surface area contributed by atoms with Crippen molar-refractivity contribution in [2.24, 2.45) is 0 Å².